The second-order valence-corrected chi connectivity index (χ2v) is 4.78. The zero-order valence-electron chi connectivity index (χ0n) is 12.5. The number of urea groups is 1. The molecule has 1 atom stereocenters. The van der Waals surface area contributed by atoms with E-state index in [0.29, 0.717) is 11.3 Å². The van der Waals surface area contributed by atoms with Crippen molar-refractivity contribution in [1.29, 1.82) is 5.26 Å². The Hall–Kier alpha value is -3.00. The fourth-order valence-corrected chi connectivity index (χ4v) is 1.97. The summed E-state index contributed by atoms with van der Waals surface area (Å²) >= 11 is 0. The van der Waals surface area contributed by atoms with E-state index in [2.05, 4.69) is 16.7 Å². The Balaban J connectivity index is 1.93. The third-order valence-corrected chi connectivity index (χ3v) is 3.24. The van der Waals surface area contributed by atoms with E-state index < -0.39 is 0 Å². The quantitative estimate of drug-likeness (QED) is 0.907. The maximum Gasteiger partial charge on any atom is 0.319 e. The number of nitrogens with zero attached hydrogens (tertiary/aromatic N) is 1. The molecule has 0 radical (unpaired) electrons. The van der Waals surface area contributed by atoms with Gasteiger partial charge in [0.2, 0.25) is 0 Å². The van der Waals surface area contributed by atoms with Crippen molar-refractivity contribution in [3.63, 3.8) is 0 Å². The van der Waals surface area contributed by atoms with Gasteiger partial charge in [-0.1, -0.05) is 12.1 Å². The molecule has 0 aliphatic rings. The molecule has 0 aliphatic heterocycles. The SMILES string of the molecule is COc1ccc(NC(=O)N[C@H](C)c2ccc(C#N)cc2)cc1. The molecule has 2 amide bonds. The van der Waals surface area contributed by atoms with Crippen molar-refractivity contribution in [1.82, 2.24) is 5.32 Å². The summed E-state index contributed by atoms with van der Waals surface area (Å²) < 4.78 is 5.06. The third-order valence-electron chi connectivity index (χ3n) is 3.24. The van der Waals surface area contributed by atoms with Gasteiger partial charge in [-0.2, -0.15) is 5.26 Å². The highest BCUT2D eigenvalue weighted by atomic mass is 16.5. The summed E-state index contributed by atoms with van der Waals surface area (Å²) in [6, 6.07) is 15.8. The van der Waals surface area contributed by atoms with Crippen LogP contribution in [0.2, 0.25) is 0 Å². The Morgan fingerprint density at radius 1 is 1.14 bits per heavy atom. The lowest BCUT2D eigenvalue weighted by molar-refractivity contribution is 0.249. The molecule has 2 aromatic carbocycles. The number of carbonyl (C=O) groups excluding carboxylic acids is 1. The van der Waals surface area contributed by atoms with Crippen LogP contribution >= 0.6 is 0 Å². The monoisotopic (exact) mass is 295 g/mol. The minimum atomic E-state index is -0.290. The summed E-state index contributed by atoms with van der Waals surface area (Å²) in [6.07, 6.45) is 0. The number of hydrogen-bond acceptors (Lipinski definition) is 3. The van der Waals surface area contributed by atoms with Crippen LogP contribution in [-0.4, -0.2) is 13.1 Å². The molecule has 5 nitrogen and oxygen atoms in total. The number of carbonyl (C=O) groups is 1. The average molecular weight is 295 g/mol. The Kier molecular flexibility index (Phi) is 4.99. The number of nitriles is 1. The van der Waals surface area contributed by atoms with Crippen LogP contribution in [0, 0.1) is 11.3 Å². The van der Waals surface area contributed by atoms with Crippen LogP contribution in [0.4, 0.5) is 10.5 Å². The minimum absolute atomic E-state index is 0.161. The van der Waals surface area contributed by atoms with Crippen LogP contribution in [0.15, 0.2) is 48.5 Å². The predicted molar refractivity (Wildman–Crippen MR) is 84.7 cm³/mol. The number of methoxy groups -OCH3 is 1. The molecular weight excluding hydrogens is 278 g/mol. The summed E-state index contributed by atoms with van der Waals surface area (Å²) in [5.41, 5.74) is 2.22. The summed E-state index contributed by atoms with van der Waals surface area (Å²) in [7, 11) is 1.59. The van der Waals surface area contributed by atoms with Crippen molar-refractivity contribution in [2.45, 2.75) is 13.0 Å². The number of amides is 2. The third kappa shape index (κ3) is 4.00. The largest absolute Gasteiger partial charge is 0.497 e. The molecule has 112 valence electrons. The maximum atomic E-state index is 12.0. The first kappa shape index (κ1) is 15.4. The van der Waals surface area contributed by atoms with Gasteiger partial charge in [0.15, 0.2) is 0 Å². The lowest BCUT2D eigenvalue weighted by atomic mass is 10.1. The summed E-state index contributed by atoms with van der Waals surface area (Å²) in [4.78, 5) is 12.0. The smallest absolute Gasteiger partial charge is 0.319 e. The molecule has 0 fully saturated rings. The van der Waals surface area contributed by atoms with Crippen molar-refractivity contribution in [3.8, 4) is 11.8 Å². The van der Waals surface area contributed by atoms with E-state index in [1.54, 1.807) is 43.5 Å². The second kappa shape index (κ2) is 7.14. The first-order chi connectivity index (χ1) is 10.6. The molecule has 0 saturated heterocycles. The lowest BCUT2D eigenvalue weighted by Gasteiger charge is -2.15. The van der Waals surface area contributed by atoms with E-state index in [1.807, 2.05) is 19.1 Å². The van der Waals surface area contributed by atoms with E-state index in [-0.39, 0.29) is 12.1 Å². The van der Waals surface area contributed by atoms with Gasteiger partial charge in [-0.05, 0) is 48.9 Å². The van der Waals surface area contributed by atoms with Crippen LogP contribution in [0.25, 0.3) is 0 Å². The standard InChI is InChI=1S/C17H17N3O2/c1-12(14-5-3-13(11-18)4-6-14)19-17(21)20-15-7-9-16(22-2)10-8-15/h3-10,12H,1-2H3,(H2,19,20,21)/t12-/m1/s1. The minimum Gasteiger partial charge on any atom is -0.497 e. The molecule has 0 heterocycles. The van der Waals surface area contributed by atoms with Crippen molar-refractivity contribution in [2.24, 2.45) is 0 Å². The molecule has 2 rings (SSSR count). The van der Waals surface area contributed by atoms with Crippen molar-refractivity contribution >= 4 is 11.7 Å². The number of ether oxygens (including phenoxy) is 1. The van der Waals surface area contributed by atoms with Crippen molar-refractivity contribution in [2.75, 3.05) is 12.4 Å². The summed E-state index contributed by atoms with van der Waals surface area (Å²) in [6.45, 7) is 1.88. The molecule has 0 unspecified atom stereocenters. The lowest BCUT2D eigenvalue weighted by Crippen LogP contribution is -2.31. The van der Waals surface area contributed by atoms with Gasteiger partial charge >= 0.3 is 6.03 Å². The van der Waals surface area contributed by atoms with Crippen molar-refractivity contribution < 1.29 is 9.53 Å². The van der Waals surface area contributed by atoms with Gasteiger partial charge in [-0.15, -0.1) is 0 Å². The van der Waals surface area contributed by atoms with E-state index in [9.17, 15) is 4.79 Å². The molecule has 0 aliphatic carbocycles. The second-order valence-electron chi connectivity index (χ2n) is 4.78. The van der Waals surface area contributed by atoms with Crippen LogP contribution in [0.3, 0.4) is 0 Å². The van der Waals surface area contributed by atoms with E-state index in [4.69, 9.17) is 10.00 Å². The van der Waals surface area contributed by atoms with Crippen LogP contribution in [0.1, 0.15) is 24.1 Å². The Morgan fingerprint density at radius 2 is 1.77 bits per heavy atom. The molecule has 0 saturated carbocycles. The fraction of sp³-hybridized carbons (Fsp3) is 0.176. The van der Waals surface area contributed by atoms with Gasteiger partial charge in [0, 0.05) is 5.69 Å². The predicted octanol–water partition coefficient (Wildman–Crippen LogP) is 3.45. The highest BCUT2D eigenvalue weighted by Crippen LogP contribution is 2.16. The normalized spacial score (nSPS) is 11.1. The molecule has 0 spiro atoms. The highest BCUT2D eigenvalue weighted by Gasteiger charge is 2.09. The maximum absolute atomic E-state index is 12.0. The van der Waals surface area contributed by atoms with Crippen LogP contribution in [0.5, 0.6) is 5.75 Å². The van der Waals surface area contributed by atoms with E-state index in [0.717, 1.165) is 11.3 Å². The molecule has 2 N–H and O–H groups in total. The topological polar surface area (TPSA) is 74.2 Å². The van der Waals surface area contributed by atoms with Gasteiger partial charge in [0.25, 0.3) is 0 Å². The number of anilines is 1. The van der Waals surface area contributed by atoms with Gasteiger partial charge in [0.1, 0.15) is 5.75 Å². The molecule has 22 heavy (non-hydrogen) atoms. The first-order valence-corrected chi connectivity index (χ1v) is 6.84. The molecular formula is C17H17N3O2. The number of benzene rings is 2. The number of nitrogens with one attached hydrogen (secondary N) is 2. The average Bonchev–Trinajstić information content (AvgIpc) is 2.55. The fourth-order valence-electron chi connectivity index (χ4n) is 1.97. The zero-order chi connectivity index (χ0) is 15.9. The molecule has 0 bridgehead atoms. The summed E-state index contributed by atoms with van der Waals surface area (Å²) in [5.74, 6) is 0.733. The van der Waals surface area contributed by atoms with Crippen LogP contribution < -0.4 is 15.4 Å². The number of rotatable bonds is 4. The van der Waals surface area contributed by atoms with Gasteiger partial charge in [0.05, 0.1) is 24.8 Å². The first-order valence-electron chi connectivity index (χ1n) is 6.84. The van der Waals surface area contributed by atoms with E-state index >= 15 is 0 Å². The van der Waals surface area contributed by atoms with Gasteiger partial charge in [-0.3, -0.25) is 0 Å². The van der Waals surface area contributed by atoms with Crippen LogP contribution in [-0.2, 0) is 0 Å². The highest BCUT2D eigenvalue weighted by molar-refractivity contribution is 5.89. The van der Waals surface area contributed by atoms with E-state index in [1.165, 1.54) is 0 Å². The van der Waals surface area contributed by atoms with Gasteiger partial charge < -0.3 is 15.4 Å². The molecule has 5 heteroatoms. The summed E-state index contributed by atoms with van der Waals surface area (Å²) in [5, 5.41) is 14.4. The van der Waals surface area contributed by atoms with Gasteiger partial charge in [-0.25, -0.2) is 4.79 Å². The number of hydrogen-bond donors (Lipinski definition) is 2. The molecule has 0 aromatic heterocycles. The Bertz CT molecular complexity index is 673. The Morgan fingerprint density at radius 3 is 2.32 bits per heavy atom. The Labute approximate surface area is 129 Å². The zero-order valence-corrected chi connectivity index (χ0v) is 12.5. The molecule has 2 aromatic rings. The van der Waals surface area contributed by atoms with Crippen molar-refractivity contribution in [3.05, 3.63) is 59.7 Å².